The fraction of sp³-hybridized carbons (Fsp3) is 0.0588. The zero-order valence-electron chi connectivity index (χ0n) is 29.8. The number of ether oxygens (including phenoxy) is 1. The topological polar surface area (TPSA) is 12.5 Å². The van der Waals surface area contributed by atoms with Gasteiger partial charge in [-0.1, -0.05) is 172 Å². The number of fused-ring (bicyclic) bond motifs is 8. The van der Waals surface area contributed by atoms with E-state index in [-0.39, 0.29) is 5.41 Å². The second-order valence-electron chi connectivity index (χ2n) is 14.5. The third kappa shape index (κ3) is 5.02. The number of benzene rings is 8. The van der Waals surface area contributed by atoms with E-state index >= 15 is 0 Å². The van der Waals surface area contributed by atoms with Crippen LogP contribution >= 0.6 is 0 Å². The lowest BCUT2D eigenvalue weighted by Gasteiger charge is -2.30. The molecule has 0 N–H and O–H groups in total. The van der Waals surface area contributed by atoms with Gasteiger partial charge in [0.25, 0.3) is 0 Å². The highest BCUT2D eigenvalue weighted by molar-refractivity contribution is 5.98. The molecule has 0 bridgehead atoms. The quantitative estimate of drug-likeness (QED) is 0.180. The van der Waals surface area contributed by atoms with Gasteiger partial charge in [-0.2, -0.15) is 0 Å². The maximum atomic E-state index is 7.36. The van der Waals surface area contributed by atoms with Crippen LogP contribution < -0.4 is 9.64 Å². The molecule has 0 spiro atoms. The summed E-state index contributed by atoms with van der Waals surface area (Å²) >= 11 is 0. The van der Waals surface area contributed by atoms with Crippen molar-refractivity contribution in [3.05, 3.63) is 199 Å². The van der Waals surface area contributed by atoms with Gasteiger partial charge in [-0.25, -0.2) is 0 Å². The Hall–Kier alpha value is -6.64. The summed E-state index contributed by atoms with van der Waals surface area (Å²) in [5.41, 5.74) is 17.3. The van der Waals surface area contributed by atoms with Crippen LogP contribution in [0.15, 0.2) is 188 Å². The Morgan fingerprint density at radius 2 is 0.868 bits per heavy atom. The summed E-state index contributed by atoms with van der Waals surface area (Å²) in [4.78, 5) is 2.38. The Kier molecular flexibility index (Phi) is 7.19. The van der Waals surface area contributed by atoms with E-state index in [0.717, 1.165) is 61.9 Å². The first-order valence-electron chi connectivity index (χ1n) is 18.4. The minimum absolute atomic E-state index is 0.142. The zero-order chi connectivity index (χ0) is 35.5. The third-order valence-corrected chi connectivity index (χ3v) is 11.1. The third-order valence-electron chi connectivity index (χ3n) is 11.1. The number of rotatable bonds is 5. The average Bonchev–Trinajstić information content (AvgIpc) is 3.34. The van der Waals surface area contributed by atoms with E-state index in [1.165, 1.54) is 33.4 Å². The molecule has 8 aromatic carbocycles. The minimum Gasteiger partial charge on any atom is -0.453 e. The summed E-state index contributed by atoms with van der Waals surface area (Å²) in [6.07, 6.45) is 0. The number of nitrogens with zero attached hydrogens (tertiary/aromatic N) is 1. The molecule has 1 heterocycles. The van der Waals surface area contributed by atoms with Crippen molar-refractivity contribution in [2.24, 2.45) is 0 Å². The van der Waals surface area contributed by atoms with Crippen LogP contribution in [0.5, 0.6) is 11.5 Å². The molecular formula is C51H37NO. The molecule has 2 heteroatoms. The Morgan fingerprint density at radius 3 is 1.58 bits per heavy atom. The van der Waals surface area contributed by atoms with Crippen LogP contribution in [0.2, 0.25) is 0 Å². The van der Waals surface area contributed by atoms with Crippen molar-refractivity contribution in [2.75, 3.05) is 4.90 Å². The van der Waals surface area contributed by atoms with Crippen molar-refractivity contribution >= 4 is 17.1 Å². The molecule has 252 valence electrons. The molecule has 0 radical (unpaired) electrons. The molecule has 8 aromatic rings. The van der Waals surface area contributed by atoms with E-state index in [9.17, 15) is 0 Å². The van der Waals surface area contributed by atoms with Crippen LogP contribution in [-0.4, -0.2) is 0 Å². The Balaban J connectivity index is 1.21. The molecule has 0 aromatic heterocycles. The van der Waals surface area contributed by atoms with Crippen LogP contribution in [0.25, 0.3) is 55.6 Å². The number of anilines is 3. The normalized spacial score (nSPS) is 13.0. The number of para-hydroxylation sites is 2. The highest BCUT2D eigenvalue weighted by Gasteiger charge is 2.36. The van der Waals surface area contributed by atoms with Gasteiger partial charge in [-0.05, 0) is 80.4 Å². The van der Waals surface area contributed by atoms with E-state index < -0.39 is 0 Å². The summed E-state index contributed by atoms with van der Waals surface area (Å²) in [5.74, 6) is 1.69. The van der Waals surface area contributed by atoms with Crippen molar-refractivity contribution in [3.8, 4) is 67.1 Å². The monoisotopic (exact) mass is 679 g/mol. The van der Waals surface area contributed by atoms with Gasteiger partial charge in [0.05, 0.1) is 5.69 Å². The molecule has 1 aliphatic heterocycles. The summed E-state index contributed by atoms with van der Waals surface area (Å²) in [6.45, 7) is 4.69. The summed E-state index contributed by atoms with van der Waals surface area (Å²) in [5, 5.41) is 0. The van der Waals surface area contributed by atoms with Crippen molar-refractivity contribution in [2.45, 2.75) is 19.3 Å². The Bertz CT molecular complexity index is 2660. The molecule has 10 rings (SSSR count). The second kappa shape index (κ2) is 12.3. The number of hydrogen-bond donors (Lipinski definition) is 0. The van der Waals surface area contributed by atoms with E-state index in [1.54, 1.807) is 0 Å². The first kappa shape index (κ1) is 31.1. The van der Waals surface area contributed by atoms with Crippen molar-refractivity contribution in [1.82, 2.24) is 0 Å². The Morgan fingerprint density at radius 1 is 0.358 bits per heavy atom. The number of hydrogen-bond acceptors (Lipinski definition) is 2. The highest BCUT2D eigenvalue weighted by atomic mass is 16.5. The fourth-order valence-corrected chi connectivity index (χ4v) is 8.47. The maximum Gasteiger partial charge on any atom is 0.159 e. The zero-order valence-corrected chi connectivity index (χ0v) is 29.8. The van der Waals surface area contributed by atoms with Crippen molar-refractivity contribution in [1.29, 1.82) is 0 Å². The first-order valence-corrected chi connectivity index (χ1v) is 18.4. The van der Waals surface area contributed by atoms with E-state index in [0.29, 0.717) is 0 Å². The van der Waals surface area contributed by atoms with Crippen LogP contribution in [0, 0.1) is 0 Å². The molecular weight excluding hydrogens is 643 g/mol. The van der Waals surface area contributed by atoms with Gasteiger partial charge in [0.1, 0.15) is 5.75 Å². The second-order valence-corrected chi connectivity index (χ2v) is 14.5. The molecule has 0 amide bonds. The average molecular weight is 680 g/mol. The molecule has 53 heavy (non-hydrogen) atoms. The fourth-order valence-electron chi connectivity index (χ4n) is 8.47. The maximum absolute atomic E-state index is 7.36. The van der Waals surface area contributed by atoms with Crippen LogP contribution in [0.4, 0.5) is 17.1 Å². The lowest BCUT2D eigenvalue weighted by atomic mass is 9.82. The molecule has 0 unspecified atom stereocenters. The van der Waals surface area contributed by atoms with E-state index in [2.05, 4.69) is 207 Å². The van der Waals surface area contributed by atoms with Gasteiger partial charge in [0, 0.05) is 33.5 Å². The van der Waals surface area contributed by atoms with E-state index in [4.69, 9.17) is 4.74 Å². The highest BCUT2D eigenvalue weighted by Crippen LogP contribution is 2.56. The van der Waals surface area contributed by atoms with Gasteiger partial charge < -0.3 is 9.64 Å². The summed E-state index contributed by atoms with van der Waals surface area (Å²) in [6, 6.07) is 67.6. The van der Waals surface area contributed by atoms with Gasteiger partial charge in [-0.15, -0.1) is 0 Å². The Labute approximate surface area is 311 Å². The molecule has 1 aliphatic carbocycles. The van der Waals surface area contributed by atoms with Crippen LogP contribution in [0.3, 0.4) is 0 Å². The first-order chi connectivity index (χ1) is 26.1. The summed E-state index contributed by atoms with van der Waals surface area (Å²) in [7, 11) is 0. The molecule has 0 saturated heterocycles. The molecule has 0 saturated carbocycles. The van der Waals surface area contributed by atoms with Crippen LogP contribution in [0.1, 0.15) is 25.0 Å². The lowest BCUT2D eigenvalue weighted by molar-refractivity contribution is 0.490. The van der Waals surface area contributed by atoms with Crippen molar-refractivity contribution in [3.63, 3.8) is 0 Å². The van der Waals surface area contributed by atoms with Crippen LogP contribution in [-0.2, 0) is 5.41 Å². The predicted octanol–water partition coefficient (Wildman–Crippen LogP) is 14.2. The van der Waals surface area contributed by atoms with Gasteiger partial charge in [-0.3, -0.25) is 0 Å². The van der Waals surface area contributed by atoms with Gasteiger partial charge in [0.2, 0.25) is 0 Å². The smallest absolute Gasteiger partial charge is 0.159 e. The minimum atomic E-state index is -0.142. The predicted molar refractivity (Wildman–Crippen MR) is 221 cm³/mol. The summed E-state index contributed by atoms with van der Waals surface area (Å²) < 4.78 is 7.36. The SMILES string of the molecule is CC1(C)c2ccccc2-c2ccc(N(c3ccc(-c4ccccc4)cc3)c3cccc4c3Oc3c(-c5ccccc5)cccc3-c3ccccc3-4)cc21. The lowest BCUT2D eigenvalue weighted by Crippen LogP contribution is -2.17. The molecule has 0 fully saturated rings. The standard InChI is InChI=1S/C51H37NO/c1-51(2)46-25-12-11-21-42(46)43-32-31-38(33-47(43)51)52(37-29-27-35(28-30-37)34-15-5-3-6-16-34)48-26-14-24-45-41-20-10-9-19-40(41)44-23-13-22-39(49(44)53-50(45)48)36-17-7-4-8-18-36/h3-33H,1-2H3. The molecule has 2 nitrogen and oxygen atoms in total. The largest absolute Gasteiger partial charge is 0.453 e. The molecule has 0 atom stereocenters. The van der Waals surface area contributed by atoms with E-state index in [1.807, 2.05) is 0 Å². The van der Waals surface area contributed by atoms with Gasteiger partial charge >= 0.3 is 0 Å². The van der Waals surface area contributed by atoms with Crippen molar-refractivity contribution < 1.29 is 4.74 Å². The van der Waals surface area contributed by atoms with Gasteiger partial charge in [0.15, 0.2) is 5.75 Å². The molecule has 2 aliphatic rings.